The molecule has 0 aliphatic heterocycles. The average molecular weight is 276 g/mol. The van der Waals surface area contributed by atoms with Crippen molar-refractivity contribution in [3.63, 3.8) is 0 Å². The molecule has 0 unspecified atom stereocenters. The summed E-state index contributed by atoms with van der Waals surface area (Å²) in [6.07, 6.45) is 0. The minimum atomic E-state index is -1.10. The summed E-state index contributed by atoms with van der Waals surface area (Å²) in [5.74, 6) is -1.16. The number of amides is 2. The first kappa shape index (κ1) is 16.8. The number of hydrogen-bond donors (Lipinski definition) is 2. The van der Waals surface area contributed by atoms with Crippen LogP contribution in [0.5, 0.6) is 0 Å². The third-order valence-electron chi connectivity index (χ3n) is 2.35. The van der Waals surface area contributed by atoms with Gasteiger partial charge in [0.2, 0.25) is 11.8 Å². The van der Waals surface area contributed by atoms with E-state index in [1.165, 1.54) is 18.7 Å². The lowest BCUT2D eigenvalue weighted by Gasteiger charge is -2.21. The molecular formula is C11H20N2O4S. The van der Waals surface area contributed by atoms with E-state index in [1.807, 2.05) is 13.8 Å². The zero-order chi connectivity index (χ0) is 14.3. The monoisotopic (exact) mass is 276 g/mol. The fourth-order valence-electron chi connectivity index (χ4n) is 1.07. The number of carboxylic acids is 1. The molecule has 0 radical (unpaired) electrons. The highest BCUT2D eigenvalue weighted by molar-refractivity contribution is 8.00. The van der Waals surface area contributed by atoms with Crippen LogP contribution in [0.1, 0.15) is 20.8 Å². The predicted octanol–water partition coefficient (Wildman–Crippen LogP) is 0.176. The van der Waals surface area contributed by atoms with Crippen LogP contribution in [0.4, 0.5) is 0 Å². The fraction of sp³-hybridized carbons (Fsp3) is 0.727. The van der Waals surface area contributed by atoms with Crippen molar-refractivity contribution in [2.45, 2.75) is 32.9 Å². The van der Waals surface area contributed by atoms with Gasteiger partial charge in [-0.1, -0.05) is 0 Å². The van der Waals surface area contributed by atoms with Gasteiger partial charge in [0.15, 0.2) is 0 Å². The van der Waals surface area contributed by atoms with E-state index in [9.17, 15) is 14.4 Å². The number of nitrogens with zero attached hydrogens (tertiary/aromatic N) is 1. The molecular weight excluding hydrogens is 256 g/mol. The topological polar surface area (TPSA) is 86.7 Å². The molecule has 0 bridgehead atoms. The number of carbonyl (C=O) groups excluding carboxylic acids is 2. The lowest BCUT2D eigenvalue weighted by Crippen LogP contribution is -2.42. The molecule has 0 fully saturated rings. The van der Waals surface area contributed by atoms with Gasteiger partial charge in [0.05, 0.1) is 5.75 Å². The van der Waals surface area contributed by atoms with E-state index in [1.54, 1.807) is 11.9 Å². The van der Waals surface area contributed by atoms with Crippen molar-refractivity contribution in [2.24, 2.45) is 0 Å². The second-order valence-electron chi connectivity index (χ2n) is 4.20. The third kappa shape index (κ3) is 6.48. The lowest BCUT2D eigenvalue weighted by molar-refractivity contribution is -0.140. The van der Waals surface area contributed by atoms with Crippen molar-refractivity contribution in [3.8, 4) is 0 Å². The molecule has 0 aromatic heterocycles. The van der Waals surface area contributed by atoms with Crippen molar-refractivity contribution in [1.29, 1.82) is 0 Å². The molecule has 104 valence electrons. The van der Waals surface area contributed by atoms with Crippen LogP contribution in [0.15, 0.2) is 0 Å². The molecule has 2 N–H and O–H groups in total. The molecule has 0 aliphatic carbocycles. The number of carboxylic acid groups (broad SMARTS) is 1. The zero-order valence-corrected chi connectivity index (χ0v) is 11.9. The molecule has 7 heteroatoms. The number of thioether (sulfide) groups is 1. The van der Waals surface area contributed by atoms with Gasteiger partial charge in [-0.25, -0.2) is 4.79 Å². The molecule has 0 aromatic rings. The van der Waals surface area contributed by atoms with Gasteiger partial charge in [0.25, 0.3) is 0 Å². The van der Waals surface area contributed by atoms with Gasteiger partial charge in [-0.3, -0.25) is 9.59 Å². The molecule has 18 heavy (non-hydrogen) atoms. The Morgan fingerprint density at radius 2 is 1.89 bits per heavy atom. The summed E-state index contributed by atoms with van der Waals surface area (Å²) in [5, 5.41) is 11.2. The highest BCUT2D eigenvalue weighted by Crippen LogP contribution is 2.06. The summed E-state index contributed by atoms with van der Waals surface area (Å²) in [6.45, 7) is 5.07. The van der Waals surface area contributed by atoms with Crippen LogP contribution >= 0.6 is 11.8 Å². The number of rotatable bonds is 7. The second kappa shape index (κ2) is 7.97. The molecule has 6 nitrogen and oxygen atoms in total. The van der Waals surface area contributed by atoms with Gasteiger partial charge in [-0.15, -0.1) is 11.8 Å². The molecule has 0 saturated carbocycles. The van der Waals surface area contributed by atoms with Gasteiger partial charge in [-0.05, 0) is 13.8 Å². The van der Waals surface area contributed by atoms with Crippen LogP contribution in [-0.4, -0.2) is 58.4 Å². The number of hydrogen-bond acceptors (Lipinski definition) is 4. The quantitative estimate of drug-likeness (QED) is 0.692. The van der Waals surface area contributed by atoms with E-state index < -0.39 is 17.9 Å². The van der Waals surface area contributed by atoms with Crippen LogP contribution < -0.4 is 5.32 Å². The molecule has 0 rings (SSSR count). The Labute approximate surface area is 111 Å². The third-order valence-corrected chi connectivity index (χ3v) is 3.37. The maximum atomic E-state index is 11.6. The van der Waals surface area contributed by atoms with Crippen molar-refractivity contribution in [1.82, 2.24) is 10.2 Å². The van der Waals surface area contributed by atoms with E-state index in [-0.39, 0.29) is 23.5 Å². The smallest absolute Gasteiger partial charge is 0.327 e. The van der Waals surface area contributed by atoms with Crippen LogP contribution in [0, 0.1) is 0 Å². The van der Waals surface area contributed by atoms with Gasteiger partial charge in [-0.2, -0.15) is 0 Å². The Kier molecular flexibility index (Phi) is 7.42. The van der Waals surface area contributed by atoms with E-state index in [2.05, 4.69) is 5.32 Å². The summed E-state index contributed by atoms with van der Waals surface area (Å²) in [5.41, 5.74) is 0. The van der Waals surface area contributed by atoms with E-state index >= 15 is 0 Å². The Morgan fingerprint density at radius 3 is 2.28 bits per heavy atom. The predicted molar refractivity (Wildman–Crippen MR) is 70.5 cm³/mol. The van der Waals surface area contributed by atoms with Crippen LogP contribution in [0.2, 0.25) is 0 Å². The SMILES string of the molecule is CC(=O)N[C@@H](CSCC(=O)N(C)C(C)C)C(=O)O. The van der Waals surface area contributed by atoms with Crippen molar-refractivity contribution in [3.05, 3.63) is 0 Å². The molecule has 0 saturated heterocycles. The van der Waals surface area contributed by atoms with E-state index in [0.717, 1.165) is 0 Å². The first-order valence-electron chi connectivity index (χ1n) is 5.59. The van der Waals surface area contributed by atoms with Crippen molar-refractivity contribution >= 4 is 29.5 Å². The summed E-state index contributed by atoms with van der Waals surface area (Å²) in [4.78, 5) is 34.9. The maximum absolute atomic E-state index is 11.6. The summed E-state index contributed by atoms with van der Waals surface area (Å²) >= 11 is 1.20. The second-order valence-corrected chi connectivity index (χ2v) is 5.24. The zero-order valence-electron chi connectivity index (χ0n) is 11.1. The Bertz CT molecular complexity index is 320. The molecule has 2 amide bonds. The maximum Gasteiger partial charge on any atom is 0.327 e. The number of carbonyl (C=O) groups is 3. The summed E-state index contributed by atoms with van der Waals surface area (Å²) in [6, 6.07) is -0.839. The van der Waals surface area contributed by atoms with E-state index in [0.29, 0.717) is 0 Å². The lowest BCUT2D eigenvalue weighted by atomic mass is 10.3. The largest absolute Gasteiger partial charge is 0.480 e. The van der Waals surface area contributed by atoms with Crippen molar-refractivity contribution in [2.75, 3.05) is 18.6 Å². The molecule has 1 atom stereocenters. The molecule has 0 aromatic carbocycles. The van der Waals surface area contributed by atoms with Crippen LogP contribution in [0.3, 0.4) is 0 Å². The van der Waals surface area contributed by atoms with Crippen LogP contribution in [-0.2, 0) is 14.4 Å². The Morgan fingerprint density at radius 1 is 1.33 bits per heavy atom. The number of aliphatic carboxylic acids is 1. The van der Waals surface area contributed by atoms with Crippen LogP contribution in [0.25, 0.3) is 0 Å². The number of nitrogens with one attached hydrogen (secondary N) is 1. The first-order valence-corrected chi connectivity index (χ1v) is 6.74. The fourth-order valence-corrected chi connectivity index (χ4v) is 2.03. The van der Waals surface area contributed by atoms with E-state index in [4.69, 9.17) is 5.11 Å². The highest BCUT2D eigenvalue weighted by Gasteiger charge is 2.19. The Balaban J connectivity index is 4.11. The minimum absolute atomic E-state index is 0.0537. The van der Waals surface area contributed by atoms with Gasteiger partial charge >= 0.3 is 5.97 Å². The van der Waals surface area contributed by atoms with Gasteiger partial charge < -0.3 is 15.3 Å². The standard InChI is InChI=1S/C11H20N2O4S/c1-7(2)13(4)10(15)6-18-5-9(11(16)17)12-8(3)14/h7,9H,5-6H2,1-4H3,(H,12,14)(H,16,17)/t9-/m0/s1. The molecule has 0 heterocycles. The van der Waals surface area contributed by atoms with Crippen molar-refractivity contribution < 1.29 is 19.5 Å². The molecule has 0 aliphatic rings. The first-order chi connectivity index (χ1) is 8.25. The Hall–Kier alpha value is -1.24. The van der Waals surface area contributed by atoms with Gasteiger partial charge in [0.1, 0.15) is 6.04 Å². The van der Waals surface area contributed by atoms with Gasteiger partial charge in [0, 0.05) is 25.8 Å². The normalized spacial score (nSPS) is 12.1. The summed E-state index contributed by atoms with van der Waals surface area (Å²) in [7, 11) is 1.70. The summed E-state index contributed by atoms with van der Waals surface area (Å²) < 4.78 is 0. The molecule has 0 spiro atoms. The minimum Gasteiger partial charge on any atom is -0.480 e. The highest BCUT2D eigenvalue weighted by atomic mass is 32.2. The average Bonchev–Trinajstić information content (AvgIpc) is 2.25.